The standard InChI is InChI=1S/C11H20N2O3/c1-3-8(2)13-6-4-5-12-11(16)9(13)7-10(14)15/h8-9H,3-7H2,1-2H3,(H,12,16)(H,14,15). The fourth-order valence-corrected chi connectivity index (χ4v) is 2.03. The first-order valence-electron chi connectivity index (χ1n) is 5.81. The predicted octanol–water partition coefficient (Wildman–Crippen LogP) is 0.450. The molecule has 1 aliphatic rings. The number of carbonyl (C=O) groups is 2. The van der Waals surface area contributed by atoms with E-state index in [-0.39, 0.29) is 18.4 Å². The van der Waals surface area contributed by atoms with Gasteiger partial charge in [0.1, 0.15) is 0 Å². The van der Waals surface area contributed by atoms with Crippen LogP contribution in [-0.4, -0.2) is 47.1 Å². The van der Waals surface area contributed by atoms with Crippen LogP contribution in [0.25, 0.3) is 0 Å². The maximum atomic E-state index is 11.8. The number of carbonyl (C=O) groups excluding carboxylic acids is 1. The van der Waals surface area contributed by atoms with E-state index in [1.54, 1.807) is 0 Å². The van der Waals surface area contributed by atoms with Gasteiger partial charge >= 0.3 is 5.97 Å². The SMILES string of the molecule is CCC(C)N1CCCNC(=O)C1CC(=O)O. The minimum Gasteiger partial charge on any atom is -0.481 e. The number of amides is 1. The Morgan fingerprint density at radius 1 is 1.69 bits per heavy atom. The average molecular weight is 228 g/mol. The van der Waals surface area contributed by atoms with Gasteiger partial charge in [-0.05, 0) is 19.8 Å². The van der Waals surface area contributed by atoms with Crippen molar-refractivity contribution in [2.45, 2.75) is 45.2 Å². The highest BCUT2D eigenvalue weighted by atomic mass is 16.4. The van der Waals surface area contributed by atoms with Crippen molar-refractivity contribution in [3.63, 3.8) is 0 Å². The summed E-state index contributed by atoms with van der Waals surface area (Å²) in [6.07, 6.45) is 1.69. The van der Waals surface area contributed by atoms with Crippen LogP contribution in [0.2, 0.25) is 0 Å². The molecule has 1 fully saturated rings. The Bertz CT molecular complexity index is 268. The molecule has 0 aromatic rings. The van der Waals surface area contributed by atoms with E-state index >= 15 is 0 Å². The van der Waals surface area contributed by atoms with Crippen molar-refractivity contribution in [1.29, 1.82) is 0 Å². The quantitative estimate of drug-likeness (QED) is 0.733. The monoisotopic (exact) mass is 228 g/mol. The van der Waals surface area contributed by atoms with Gasteiger partial charge in [-0.15, -0.1) is 0 Å². The topological polar surface area (TPSA) is 69.6 Å². The summed E-state index contributed by atoms with van der Waals surface area (Å²) in [5, 5.41) is 11.6. The molecule has 5 heteroatoms. The molecule has 0 spiro atoms. The zero-order chi connectivity index (χ0) is 12.1. The molecular formula is C11H20N2O3. The number of carboxylic acid groups (broad SMARTS) is 1. The Morgan fingerprint density at radius 2 is 2.38 bits per heavy atom. The van der Waals surface area contributed by atoms with Crippen LogP contribution in [0, 0.1) is 0 Å². The zero-order valence-corrected chi connectivity index (χ0v) is 9.90. The minimum atomic E-state index is -0.921. The van der Waals surface area contributed by atoms with Gasteiger partial charge in [-0.2, -0.15) is 0 Å². The fraction of sp³-hybridized carbons (Fsp3) is 0.818. The second-order valence-corrected chi connectivity index (χ2v) is 4.25. The Balaban J connectivity index is 2.80. The lowest BCUT2D eigenvalue weighted by Crippen LogP contribution is -2.49. The highest BCUT2D eigenvalue weighted by molar-refractivity contribution is 5.86. The summed E-state index contributed by atoms with van der Waals surface area (Å²) in [5.74, 6) is -1.07. The van der Waals surface area contributed by atoms with Crippen LogP contribution in [0.4, 0.5) is 0 Å². The molecule has 0 bridgehead atoms. The third-order valence-electron chi connectivity index (χ3n) is 3.12. The van der Waals surface area contributed by atoms with E-state index in [4.69, 9.17) is 5.11 Å². The molecule has 0 aromatic carbocycles. The third-order valence-corrected chi connectivity index (χ3v) is 3.12. The number of carboxylic acids is 1. The molecule has 1 rings (SSSR count). The Labute approximate surface area is 95.8 Å². The lowest BCUT2D eigenvalue weighted by molar-refractivity contribution is -0.142. The molecule has 5 nitrogen and oxygen atoms in total. The van der Waals surface area contributed by atoms with Crippen LogP contribution in [0.15, 0.2) is 0 Å². The number of hydrogen-bond donors (Lipinski definition) is 2. The first-order chi connectivity index (χ1) is 7.56. The molecule has 0 aromatic heterocycles. The molecule has 1 amide bonds. The highest BCUT2D eigenvalue weighted by Crippen LogP contribution is 2.15. The average Bonchev–Trinajstić information content (AvgIpc) is 2.41. The summed E-state index contributed by atoms with van der Waals surface area (Å²) in [5.41, 5.74) is 0. The third kappa shape index (κ3) is 3.20. The summed E-state index contributed by atoms with van der Waals surface area (Å²) >= 11 is 0. The van der Waals surface area contributed by atoms with E-state index in [1.807, 2.05) is 18.7 Å². The van der Waals surface area contributed by atoms with Gasteiger partial charge in [0.05, 0.1) is 12.5 Å². The van der Waals surface area contributed by atoms with Gasteiger partial charge in [-0.25, -0.2) is 0 Å². The zero-order valence-electron chi connectivity index (χ0n) is 9.90. The normalized spacial score (nSPS) is 24.6. The Kier molecular flexibility index (Phi) is 4.73. The van der Waals surface area contributed by atoms with Crippen LogP contribution in [-0.2, 0) is 9.59 Å². The lowest BCUT2D eigenvalue weighted by atomic mass is 10.1. The number of hydrogen-bond acceptors (Lipinski definition) is 3. The molecule has 2 unspecified atom stereocenters. The van der Waals surface area contributed by atoms with E-state index in [0.29, 0.717) is 6.54 Å². The largest absolute Gasteiger partial charge is 0.481 e. The highest BCUT2D eigenvalue weighted by Gasteiger charge is 2.32. The molecule has 0 saturated carbocycles. The van der Waals surface area contributed by atoms with Gasteiger partial charge in [-0.1, -0.05) is 6.92 Å². The van der Waals surface area contributed by atoms with Gasteiger partial charge in [0.2, 0.25) is 5.91 Å². The summed E-state index contributed by atoms with van der Waals surface area (Å²) in [7, 11) is 0. The number of nitrogens with one attached hydrogen (secondary N) is 1. The van der Waals surface area contributed by atoms with Crippen molar-refractivity contribution in [2.75, 3.05) is 13.1 Å². The summed E-state index contributed by atoms with van der Waals surface area (Å²) in [6.45, 7) is 5.51. The molecule has 1 aliphatic heterocycles. The first kappa shape index (κ1) is 13.0. The molecule has 1 heterocycles. The van der Waals surface area contributed by atoms with E-state index in [2.05, 4.69) is 5.32 Å². The van der Waals surface area contributed by atoms with E-state index < -0.39 is 12.0 Å². The Morgan fingerprint density at radius 3 is 2.94 bits per heavy atom. The van der Waals surface area contributed by atoms with Gasteiger partial charge in [0, 0.05) is 19.1 Å². The summed E-state index contributed by atoms with van der Waals surface area (Å²) in [4.78, 5) is 24.5. The van der Waals surface area contributed by atoms with Crippen LogP contribution < -0.4 is 5.32 Å². The van der Waals surface area contributed by atoms with Crippen LogP contribution >= 0.6 is 0 Å². The summed E-state index contributed by atoms with van der Waals surface area (Å²) in [6, 6.07) is -0.275. The number of rotatable bonds is 4. The molecule has 2 N–H and O–H groups in total. The van der Waals surface area contributed by atoms with Crippen LogP contribution in [0.5, 0.6) is 0 Å². The van der Waals surface area contributed by atoms with E-state index in [1.165, 1.54) is 0 Å². The predicted molar refractivity (Wildman–Crippen MR) is 60.1 cm³/mol. The maximum absolute atomic E-state index is 11.8. The van der Waals surface area contributed by atoms with Crippen molar-refractivity contribution in [2.24, 2.45) is 0 Å². The van der Waals surface area contributed by atoms with Gasteiger partial charge in [0.15, 0.2) is 0 Å². The molecule has 16 heavy (non-hydrogen) atoms. The fourth-order valence-electron chi connectivity index (χ4n) is 2.03. The minimum absolute atomic E-state index is 0.115. The van der Waals surface area contributed by atoms with Gasteiger partial charge < -0.3 is 10.4 Å². The second-order valence-electron chi connectivity index (χ2n) is 4.25. The van der Waals surface area contributed by atoms with Crippen LogP contribution in [0.1, 0.15) is 33.1 Å². The van der Waals surface area contributed by atoms with Crippen LogP contribution in [0.3, 0.4) is 0 Å². The van der Waals surface area contributed by atoms with Crippen molar-refractivity contribution >= 4 is 11.9 Å². The van der Waals surface area contributed by atoms with E-state index in [0.717, 1.165) is 19.4 Å². The van der Waals surface area contributed by atoms with Gasteiger partial charge in [0.25, 0.3) is 0 Å². The molecule has 0 radical (unpaired) electrons. The lowest BCUT2D eigenvalue weighted by Gasteiger charge is -2.32. The van der Waals surface area contributed by atoms with Crippen molar-refractivity contribution in [3.8, 4) is 0 Å². The maximum Gasteiger partial charge on any atom is 0.305 e. The van der Waals surface area contributed by atoms with Crippen molar-refractivity contribution < 1.29 is 14.7 Å². The smallest absolute Gasteiger partial charge is 0.305 e. The van der Waals surface area contributed by atoms with Crippen molar-refractivity contribution in [3.05, 3.63) is 0 Å². The molecule has 92 valence electrons. The molecule has 2 atom stereocenters. The van der Waals surface area contributed by atoms with E-state index in [9.17, 15) is 9.59 Å². The van der Waals surface area contributed by atoms with Gasteiger partial charge in [-0.3, -0.25) is 14.5 Å². The number of aliphatic carboxylic acids is 1. The first-order valence-corrected chi connectivity index (χ1v) is 5.81. The molecule has 0 aliphatic carbocycles. The second kappa shape index (κ2) is 5.84. The molecular weight excluding hydrogens is 208 g/mol. The summed E-state index contributed by atoms with van der Waals surface area (Å²) < 4.78 is 0. The Hall–Kier alpha value is -1.10. The molecule has 1 saturated heterocycles. The number of nitrogens with zero attached hydrogens (tertiary/aromatic N) is 1. The van der Waals surface area contributed by atoms with Crippen molar-refractivity contribution in [1.82, 2.24) is 10.2 Å².